The monoisotopic (exact) mass is 417 g/mol. The van der Waals surface area contributed by atoms with Gasteiger partial charge in [-0.15, -0.1) is 0 Å². The van der Waals surface area contributed by atoms with Gasteiger partial charge in [-0.1, -0.05) is 0 Å². The molecule has 1 N–H and O–H groups in total. The number of nitrogens with zero attached hydrogens (tertiary/aromatic N) is 4. The first-order valence-electron chi connectivity index (χ1n) is 9.62. The number of carbonyl (C=O) groups is 3. The van der Waals surface area contributed by atoms with E-state index in [-0.39, 0.29) is 18.7 Å². The first-order chi connectivity index (χ1) is 14.1. The van der Waals surface area contributed by atoms with Crippen LogP contribution in [0.15, 0.2) is 24.5 Å². The summed E-state index contributed by atoms with van der Waals surface area (Å²) < 4.78 is 28.6. The Morgan fingerprint density at radius 1 is 1.23 bits per heavy atom. The molecule has 2 aliphatic rings. The topological polar surface area (TPSA) is 97.2 Å². The molecule has 0 bridgehead atoms. The van der Waals surface area contributed by atoms with E-state index in [1.165, 1.54) is 0 Å². The Morgan fingerprint density at radius 3 is 2.57 bits per heavy atom. The summed E-state index contributed by atoms with van der Waals surface area (Å²) in [5.74, 6) is -3.89. The predicted octanol–water partition coefficient (Wildman–Crippen LogP) is 2.47. The number of rotatable bonds is 4. The largest absolute Gasteiger partial charge is 0.325 e. The van der Waals surface area contributed by atoms with Crippen LogP contribution in [0.2, 0.25) is 0 Å². The molecule has 1 aliphatic heterocycles. The van der Waals surface area contributed by atoms with Crippen molar-refractivity contribution in [3.63, 3.8) is 0 Å². The Hall–Kier alpha value is -3.17. The molecule has 8 nitrogen and oxygen atoms in total. The number of aryl methyl sites for hydroxylation is 1. The van der Waals surface area contributed by atoms with E-state index in [4.69, 9.17) is 0 Å². The standard InChI is InChI=1S/C20H21F2N5O3/c1-12-15(13-4-3-9-23-10-13)26(2)16(24-12)14(28)11-27-17(29)19(25-18(27)30)5-7-20(21,22)8-6-19/h3-4,9-10H,5-8,11H2,1-2H3,(H,25,30). The number of alkyl halides is 2. The van der Waals surface area contributed by atoms with Crippen molar-refractivity contribution in [2.75, 3.05) is 6.54 Å². The van der Waals surface area contributed by atoms with Gasteiger partial charge in [0.2, 0.25) is 11.7 Å². The number of nitrogens with one attached hydrogen (secondary N) is 1. The van der Waals surface area contributed by atoms with E-state index in [0.717, 1.165) is 10.5 Å². The minimum absolute atomic E-state index is 0.100. The third-order valence-electron chi connectivity index (χ3n) is 5.84. The van der Waals surface area contributed by atoms with E-state index >= 15 is 0 Å². The van der Waals surface area contributed by atoms with Crippen LogP contribution in [0.3, 0.4) is 0 Å². The molecular formula is C20H21F2N5O3. The number of imide groups is 1. The quantitative estimate of drug-likeness (QED) is 0.609. The van der Waals surface area contributed by atoms with Gasteiger partial charge >= 0.3 is 6.03 Å². The number of urea groups is 1. The van der Waals surface area contributed by atoms with Gasteiger partial charge in [0.25, 0.3) is 5.91 Å². The van der Waals surface area contributed by atoms with Gasteiger partial charge < -0.3 is 9.88 Å². The number of halogens is 2. The second-order valence-electron chi connectivity index (χ2n) is 7.85. The lowest BCUT2D eigenvalue weighted by molar-refractivity contribution is -0.135. The second kappa shape index (κ2) is 6.96. The maximum atomic E-state index is 13.5. The molecule has 4 rings (SSSR count). The van der Waals surface area contributed by atoms with Crippen molar-refractivity contribution in [3.05, 3.63) is 36.0 Å². The Bertz CT molecular complexity index is 1020. The second-order valence-corrected chi connectivity index (χ2v) is 7.85. The van der Waals surface area contributed by atoms with Crippen molar-refractivity contribution < 1.29 is 23.2 Å². The number of hydrogen-bond donors (Lipinski definition) is 1. The number of imidazole rings is 1. The van der Waals surface area contributed by atoms with Gasteiger partial charge in [0, 0.05) is 37.8 Å². The summed E-state index contributed by atoms with van der Waals surface area (Å²) >= 11 is 0. The molecule has 3 amide bonds. The number of pyridine rings is 1. The Morgan fingerprint density at radius 2 is 1.93 bits per heavy atom. The maximum absolute atomic E-state index is 13.5. The average Bonchev–Trinajstić information content (AvgIpc) is 3.13. The van der Waals surface area contributed by atoms with E-state index in [9.17, 15) is 23.2 Å². The van der Waals surface area contributed by atoms with Crippen molar-refractivity contribution in [3.8, 4) is 11.3 Å². The lowest BCUT2D eigenvalue weighted by atomic mass is 9.80. The number of amides is 3. The number of ketones is 1. The van der Waals surface area contributed by atoms with Gasteiger partial charge in [-0.25, -0.2) is 18.6 Å². The van der Waals surface area contributed by atoms with E-state index in [0.29, 0.717) is 11.4 Å². The number of hydrogen-bond acceptors (Lipinski definition) is 5. The summed E-state index contributed by atoms with van der Waals surface area (Å²) in [5, 5.41) is 2.54. The lowest BCUT2D eigenvalue weighted by Crippen LogP contribution is -2.51. The summed E-state index contributed by atoms with van der Waals surface area (Å²) in [6.45, 7) is 1.25. The van der Waals surface area contributed by atoms with Crippen LogP contribution in [0.1, 0.15) is 42.0 Å². The fourth-order valence-corrected chi connectivity index (χ4v) is 4.21. The first-order valence-corrected chi connectivity index (χ1v) is 9.62. The highest BCUT2D eigenvalue weighted by Crippen LogP contribution is 2.41. The highest BCUT2D eigenvalue weighted by Gasteiger charge is 2.55. The summed E-state index contributed by atoms with van der Waals surface area (Å²) in [4.78, 5) is 47.3. The lowest BCUT2D eigenvalue weighted by Gasteiger charge is -2.34. The van der Waals surface area contributed by atoms with Crippen molar-refractivity contribution in [1.29, 1.82) is 0 Å². The summed E-state index contributed by atoms with van der Waals surface area (Å²) in [7, 11) is 1.67. The molecule has 1 saturated carbocycles. The van der Waals surface area contributed by atoms with E-state index in [1.54, 1.807) is 37.0 Å². The van der Waals surface area contributed by atoms with Crippen LogP contribution in [0, 0.1) is 6.92 Å². The molecular weight excluding hydrogens is 396 g/mol. The normalized spacial score (nSPS) is 19.9. The maximum Gasteiger partial charge on any atom is 0.325 e. The van der Waals surface area contributed by atoms with Crippen LogP contribution in [-0.4, -0.2) is 55.2 Å². The van der Waals surface area contributed by atoms with Crippen molar-refractivity contribution in [2.24, 2.45) is 7.05 Å². The summed E-state index contributed by atoms with van der Waals surface area (Å²) in [6, 6.07) is 2.87. The molecule has 2 aromatic heterocycles. The highest BCUT2D eigenvalue weighted by molar-refractivity contribution is 6.10. The Labute approximate surface area is 171 Å². The molecule has 0 aromatic carbocycles. The third-order valence-corrected chi connectivity index (χ3v) is 5.84. The summed E-state index contributed by atoms with van der Waals surface area (Å²) in [5.41, 5.74) is 0.741. The minimum Gasteiger partial charge on any atom is -0.324 e. The van der Waals surface area contributed by atoms with Gasteiger partial charge in [-0.3, -0.25) is 19.5 Å². The predicted molar refractivity (Wildman–Crippen MR) is 102 cm³/mol. The molecule has 1 saturated heterocycles. The first kappa shape index (κ1) is 20.1. The van der Waals surface area contributed by atoms with E-state index in [1.807, 2.05) is 6.07 Å². The van der Waals surface area contributed by atoms with Crippen LogP contribution < -0.4 is 5.32 Å². The van der Waals surface area contributed by atoms with Gasteiger partial charge in [0.05, 0.1) is 17.9 Å². The molecule has 1 spiro atoms. The Kier molecular flexibility index (Phi) is 4.67. The SMILES string of the molecule is Cc1nc(C(=O)CN2C(=O)NC3(CCC(F)(F)CC3)C2=O)n(C)c1-c1cccnc1. The third kappa shape index (κ3) is 3.25. The number of carbonyl (C=O) groups excluding carboxylic acids is 3. The van der Waals surface area contributed by atoms with E-state index in [2.05, 4.69) is 15.3 Å². The molecule has 2 fully saturated rings. The molecule has 3 heterocycles. The smallest absolute Gasteiger partial charge is 0.324 e. The van der Waals surface area contributed by atoms with Gasteiger partial charge in [-0.2, -0.15) is 0 Å². The molecule has 30 heavy (non-hydrogen) atoms. The number of aromatic nitrogens is 3. The number of Topliss-reactive ketones (excluding diaryl/α,β-unsaturated/α-hetero) is 1. The van der Waals surface area contributed by atoms with Crippen LogP contribution in [-0.2, 0) is 11.8 Å². The Balaban J connectivity index is 1.55. The zero-order chi connectivity index (χ0) is 21.7. The van der Waals surface area contributed by atoms with Gasteiger partial charge in [0.15, 0.2) is 5.82 Å². The molecule has 1 aliphatic carbocycles. The summed E-state index contributed by atoms with van der Waals surface area (Å²) in [6.07, 6.45) is 2.03. The molecule has 158 valence electrons. The fraction of sp³-hybridized carbons (Fsp3) is 0.450. The van der Waals surface area contributed by atoms with Gasteiger partial charge in [0.1, 0.15) is 5.54 Å². The molecule has 0 radical (unpaired) electrons. The molecule has 10 heteroatoms. The van der Waals surface area contributed by atoms with Crippen molar-refractivity contribution in [2.45, 2.75) is 44.1 Å². The fourth-order valence-electron chi connectivity index (χ4n) is 4.21. The van der Waals surface area contributed by atoms with Crippen LogP contribution in [0.25, 0.3) is 11.3 Å². The van der Waals surface area contributed by atoms with Crippen LogP contribution >= 0.6 is 0 Å². The zero-order valence-electron chi connectivity index (χ0n) is 16.6. The van der Waals surface area contributed by atoms with Gasteiger partial charge in [-0.05, 0) is 31.9 Å². The minimum atomic E-state index is -2.84. The molecule has 2 aromatic rings. The molecule has 0 atom stereocenters. The van der Waals surface area contributed by atoms with Crippen molar-refractivity contribution in [1.82, 2.24) is 24.8 Å². The van der Waals surface area contributed by atoms with Crippen LogP contribution in [0.4, 0.5) is 13.6 Å². The van der Waals surface area contributed by atoms with Crippen molar-refractivity contribution >= 4 is 17.7 Å². The van der Waals surface area contributed by atoms with Crippen LogP contribution in [0.5, 0.6) is 0 Å². The highest BCUT2D eigenvalue weighted by atomic mass is 19.3. The average molecular weight is 417 g/mol. The zero-order valence-corrected chi connectivity index (χ0v) is 16.6. The van der Waals surface area contributed by atoms with E-state index < -0.39 is 48.6 Å². The molecule has 0 unspecified atom stereocenters.